The first-order chi connectivity index (χ1) is 10.6. The van der Waals surface area contributed by atoms with Gasteiger partial charge in [-0.1, -0.05) is 0 Å². The molecule has 0 aliphatic heterocycles. The van der Waals surface area contributed by atoms with Crippen molar-refractivity contribution in [2.75, 3.05) is 6.54 Å². The summed E-state index contributed by atoms with van der Waals surface area (Å²) in [6, 6.07) is 2.73. The molecule has 7 heteroatoms. The molecule has 0 atom stereocenters. The van der Waals surface area contributed by atoms with Crippen molar-refractivity contribution in [3.8, 4) is 0 Å². The third kappa shape index (κ3) is 3.03. The molecule has 6 nitrogen and oxygen atoms in total. The summed E-state index contributed by atoms with van der Waals surface area (Å²) in [6.45, 7) is 0.516. The van der Waals surface area contributed by atoms with Crippen LogP contribution < -0.4 is 10.9 Å². The summed E-state index contributed by atoms with van der Waals surface area (Å²) >= 11 is 0. The number of pyridine rings is 1. The van der Waals surface area contributed by atoms with Crippen LogP contribution in [0.4, 0.5) is 4.39 Å². The zero-order valence-electron chi connectivity index (χ0n) is 11.9. The van der Waals surface area contributed by atoms with E-state index in [1.165, 1.54) is 10.9 Å². The number of aryl methyl sites for hydroxylation is 2. The molecule has 0 fully saturated rings. The fourth-order valence-corrected chi connectivity index (χ4v) is 2.51. The fraction of sp³-hybridized carbons (Fsp3) is 0.333. The molecule has 1 aliphatic rings. The summed E-state index contributed by atoms with van der Waals surface area (Å²) in [5, 5.41) is 6.94. The highest BCUT2D eigenvalue weighted by atomic mass is 19.1. The normalized spacial score (nSPS) is 13.0. The van der Waals surface area contributed by atoms with Gasteiger partial charge in [-0.3, -0.25) is 14.6 Å². The van der Waals surface area contributed by atoms with Gasteiger partial charge < -0.3 is 5.32 Å². The Balaban J connectivity index is 1.62. The second-order valence-electron chi connectivity index (χ2n) is 5.18. The topological polar surface area (TPSA) is 76.9 Å². The number of amides is 1. The van der Waals surface area contributed by atoms with Crippen molar-refractivity contribution in [1.29, 1.82) is 0 Å². The number of nitrogens with zero attached hydrogens (tertiary/aromatic N) is 3. The van der Waals surface area contributed by atoms with E-state index in [1.54, 1.807) is 6.07 Å². The first-order valence-electron chi connectivity index (χ1n) is 7.12. The number of carbonyl (C=O) groups is 1. The lowest BCUT2D eigenvalue weighted by atomic mass is 10.2. The van der Waals surface area contributed by atoms with Gasteiger partial charge in [0.05, 0.1) is 24.0 Å². The SMILES string of the molecule is O=C(NCCn1nc2c(cc1=O)CCC2)c1cncc(F)c1. The second kappa shape index (κ2) is 6.05. The number of aromatic nitrogens is 3. The van der Waals surface area contributed by atoms with Gasteiger partial charge in [0.25, 0.3) is 11.5 Å². The highest BCUT2D eigenvalue weighted by Crippen LogP contribution is 2.16. The van der Waals surface area contributed by atoms with E-state index < -0.39 is 11.7 Å². The third-order valence-corrected chi connectivity index (χ3v) is 3.60. The van der Waals surface area contributed by atoms with Gasteiger partial charge in [-0.15, -0.1) is 0 Å². The fourth-order valence-electron chi connectivity index (χ4n) is 2.51. The van der Waals surface area contributed by atoms with Crippen LogP contribution in [0.2, 0.25) is 0 Å². The molecule has 0 aromatic carbocycles. The van der Waals surface area contributed by atoms with Gasteiger partial charge in [-0.05, 0) is 30.9 Å². The average molecular weight is 302 g/mol. The minimum atomic E-state index is -0.566. The van der Waals surface area contributed by atoms with Crippen LogP contribution in [-0.4, -0.2) is 27.2 Å². The lowest BCUT2D eigenvalue weighted by Gasteiger charge is -2.08. The predicted octanol–water partition coefficient (Wildman–Crippen LogP) is 0.696. The molecule has 2 heterocycles. The number of nitrogens with one attached hydrogen (secondary N) is 1. The van der Waals surface area contributed by atoms with Crippen LogP contribution >= 0.6 is 0 Å². The molecule has 0 radical (unpaired) electrons. The maximum absolute atomic E-state index is 13.0. The molecule has 0 bridgehead atoms. The van der Waals surface area contributed by atoms with Crippen molar-refractivity contribution < 1.29 is 9.18 Å². The molecule has 2 aromatic rings. The molecule has 1 amide bonds. The Labute approximate surface area is 126 Å². The molecule has 1 aliphatic carbocycles. The minimum absolute atomic E-state index is 0.147. The van der Waals surface area contributed by atoms with Crippen LogP contribution in [0.1, 0.15) is 28.0 Å². The van der Waals surface area contributed by atoms with Crippen molar-refractivity contribution in [2.45, 2.75) is 25.8 Å². The van der Waals surface area contributed by atoms with Crippen LogP contribution in [0.25, 0.3) is 0 Å². The third-order valence-electron chi connectivity index (χ3n) is 3.60. The summed E-state index contributed by atoms with van der Waals surface area (Å²) in [5.74, 6) is -0.995. The average Bonchev–Trinajstić information content (AvgIpc) is 2.94. The summed E-state index contributed by atoms with van der Waals surface area (Å²) in [7, 11) is 0. The van der Waals surface area contributed by atoms with Gasteiger partial charge in [-0.2, -0.15) is 5.10 Å². The van der Waals surface area contributed by atoms with Crippen molar-refractivity contribution in [1.82, 2.24) is 20.1 Å². The van der Waals surface area contributed by atoms with Gasteiger partial charge in [-0.25, -0.2) is 9.07 Å². The van der Waals surface area contributed by atoms with Crippen LogP contribution in [-0.2, 0) is 19.4 Å². The summed E-state index contributed by atoms with van der Waals surface area (Å²) in [6.07, 6.45) is 5.14. The Bertz CT molecular complexity index is 772. The summed E-state index contributed by atoms with van der Waals surface area (Å²) in [5.41, 5.74) is 1.97. The van der Waals surface area contributed by atoms with E-state index in [9.17, 15) is 14.0 Å². The van der Waals surface area contributed by atoms with Gasteiger partial charge in [0.1, 0.15) is 5.82 Å². The van der Waals surface area contributed by atoms with Gasteiger partial charge >= 0.3 is 0 Å². The highest BCUT2D eigenvalue weighted by Gasteiger charge is 2.14. The number of rotatable bonds is 4. The molecule has 2 aromatic heterocycles. The number of hydrogen-bond donors (Lipinski definition) is 1. The zero-order chi connectivity index (χ0) is 15.5. The van der Waals surface area contributed by atoms with E-state index in [4.69, 9.17) is 0 Å². The molecule has 0 saturated heterocycles. The van der Waals surface area contributed by atoms with Crippen molar-refractivity contribution in [2.24, 2.45) is 0 Å². The Kier molecular flexibility index (Phi) is 3.95. The highest BCUT2D eigenvalue weighted by molar-refractivity contribution is 5.93. The molecule has 0 spiro atoms. The Hall–Kier alpha value is -2.57. The molecule has 0 saturated carbocycles. The minimum Gasteiger partial charge on any atom is -0.350 e. The van der Waals surface area contributed by atoms with E-state index in [-0.39, 0.29) is 24.2 Å². The molecule has 1 N–H and O–H groups in total. The number of halogens is 1. The van der Waals surface area contributed by atoms with E-state index in [0.29, 0.717) is 0 Å². The molecule has 3 rings (SSSR count). The lowest BCUT2D eigenvalue weighted by molar-refractivity contribution is 0.0951. The molecular formula is C15H15FN4O2. The summed E-state index contributed by atoms with van der Waals surface area (Å²) in [4.78, 5) is 27.4. The van der Waals surface area contributed by atoms with E-state index in [2.05, 4.69) is 15.4 Å². The first kappa shape index (κ1) is 14.4. The number of carbonyl (C=O) groups excluding carboxylic acids is 1. The molecular weight excluding hydrogens is 287 g/mol. The number of hydrogen-bond acceptors (Lipinski definition) is 4. The van der Waals surface area contributed by atoms with E-state index in [0.717, 1.165) is 42.8 Å². The monoisotopic (exact) mass is 302 g/mol. The maximum atomic E-state index is 13.0. The molecule has 0 unspecified atom stereocenters. The van der Waals surface area contributed by atoms with E-state index in [1.807, 2.05) is 0 Å². The molecule has 22 heavy (non-hydrogen) atoms. The van der Waals surface area contributed by atoms with Crippen LogP contribution in [0.5, 0.6) is 0 Å². The molecule has 114 valence electrons. The zero-order valence-corrected chi connectivity index (χ0v) is 11.9. The summed E-state index contributed by atoms with van der Waals surface area (Å²) < 4.78 is 14.4. The van der Waals surface area contributed by atoms with Crippen molar-refractivity contribution in [3.63, 3.8) is 0 Å². The van der Waals surface area contributed by atoms with Gasteiger partial charge in [0.2, 0.25) is 0 Å². The van der Waals surface area contributed by atoms with Crippen LogP contribution in [0.15, 0.2) is 29.3 Å². The van der Waals surface area contributed by atoms with Crippen LogP contribution in [0.3, 0.4) is 0 Å². The van der Waals surface area contributed by atoms with Crippen molar-refractivity contribution >= 4 is 5.91 Å². The maximum Gasteiger partial charge on any atom is 0.267 e. The first-order valence-corrected chi connectivity index (χ1v) is 7.12. The Morgan fingerprint density at radius 3 is 3.00 bits per heavy atom. The van der Waals surface area contributed by atoms with Crippen molar-refractivity contribution in [3.05, 3.63) is 57.5 Å². The van der Waals surface area contributed by atoms with Gasteiger partial charge in [0, 0.05) is 18.8 Å². The predicted molar refractivity (Wildman–Crippen MR) is 77.1 cm³/mol. The Morgan fingerprint density at radius 1 is 1.32 bits per heavy atom. The Morgan fingerprint density at radius 2 is 2.18 bits per heavy atom. The quantitative estimate of drug-likeness (QED) is 0.902. The lowest BCUT2D eigenvalue weighted by Crippen LogP contribution is -2.32. The standard InChI is InChI=1S/C15H15FN4O2/c16-12-6-11(8-17-9-12)15(22)18-4-5-20-14(21)7-10-2-1-3-13(10)19-20/h6-9H,1-5H2,(H,18,22). The largest absolute Gasteiger partial charge is 0.350 e. The smallest absolute Gasteiger partial charge is 0.267 e. The van der Waals surface area contributed by atoms with Gasteiger partial charge in [0.15, 0.2) is 0 Å². The van der Waals surface area contributed by atoms with Crippen LogP contribution in [0, 0.1) is 5.82 Å². The van der Waals surface area contributed by atoms with E-state index >= 15 is 0 Å². The second-order valence-corrected chi connectivity index (χ2v) is 5.18. The number of fused-ring (bicyclic) bond motifs is 1.